The van der Waals surface area contributed by atoms with Gasteiger partial charge < -0.3 is 25.8 Å². The predicted molar refractivity (Wildman–Crippen MR) is 130 cm³/mol. The molecule has 1 aromatic carbocycles. The Hall–Kier alpha value is -2.61. The molecule has 1 heterocycles. The highest BCUT2D eigenvalue weighted by Gasteiger charge is 2.22. The number of nitrogens with one attached hydrogen (secondary N) is 3. The normalized spacial score (nSPS) is 15.5. The van der Waals surface area contributed by atoms with E-state index in [0.717, 1.165) is 50.5 Å². The van der Waals surface area contributed by atoms with E-state index < -0.39 is 0 Å². The Morgan fingerprint density at radius 3 is 2.56 bits per heavy atom. The lowest BCUT2D eigenvalue weighted by molar-refractivity contribution is -0.123. The molecule has 1 aromatic rings. The van der Waals surface area contributed by atoms with E-state index in [9.17, 15) is 9.59 Å². The number of benzene rings is 1. The molecule has 3 N–H and O–H groups in total. The topological polar surface area (TPSA) is 89.1 Å². The number of rotatable bonds is 11. The maximum Gasteiger partial charge on any atom is 0.254 e. The Labute approximate surface area is 192 Å². The lowest BCUT2D eigenvalue weighted by atomic mass is 10.1. The van der Waals surface area contributed by atoms with Crippen molar-refractivity contribution in [3.8, 4) is 0 Å². The number of hydrogen-bond acceptors (Lipinski definition) is 4. The molecule has 1 saturated heterocycles. The Bertz CT molecular complexity index is 745. The van der Waals surface area contributed by atoms with Crippen molar-refractivity contribution in [2.24, 2.45) is 4.99 Å². The molecule has 0 aromatic heterocycles. The van der Waals surface area contributed by atoms with Gasteiger partial charge in [0.1, 0.15) is 0 Å². The molecule has 0 aliphatic carbocycles. The summed E-state index contributed by atoms with van der Waals surface area (Å²) in [6.45, 7) is 14.5. The fraction of sp³-hybridized carbons (Fsp3) is 0.625. The summed E-state index contributed by atoms with van der Waals surface area (Å²) < 4.78 is 0. The van der Waals surface area contributed by atoms with E-state index in [0.29, 0.717) is 31.2 Å². The zero-order valence-electron chi connectivity index (χ0n) is 20.1. The molecular weight excluding hydrogens is 404 g/mol. The molecule has 2 rings (SSSR count). The Kier molecular flexibility index (Phi) is 11.0. The van der Waals surface area contributed by atoms with E-state index in [2.05, 4.69) is 48.5 Å². The summed E-state index contributed by atoms with van der Waals surface area (Å²) in [5, 5.41) is 9.55. The second-order valence-corrected chi connectivity index (χ2v) is 8.18. The molecule has 0 saturated carbocycles. The second-order valence-electron chi connectivity index (χ2n) is 8.18. The largest absolute Gasteiger partial charge is 0.357 e. The first kappa shape index (κ1) is 25.6. The lowest BCUT2D eigenvalue weighted by Crippen LogP contribution is -2.49. The molecule has 1 atom stereocenters. The standard InChI is InChI=1S/C24H40N6O2/c1-5-25-24(28-19(4)9-8-15-29(6-2)7-3)27-17-20-10-12-21(13-11-20)23(32)30-16-14-26-22(31)18-30/h10-13,19H,5-9,14-18H2,1-4H3,(H,26,31)(H2,25,27,28). The lowest BCUT2D eigenvalue weighted by Gasteiger charge is -2.26. The van der Waals surface area contributed by atoms with Gasteiger partial charge in [-0.05, 0) is 64.0 Å². The van der Waals surface area contributed by atoms with Gasteiger partial charge in [-0.1, -0.05) is 26.0 Å². The highest BCUT2D eigenvalue weighted by Crippen LogP contribution is 2.10. The summed E-state index contributed by atoms with van der Waals surface area (Å²) in [6.07, 6.45) is 2.25. The van der Waals surface area contributed by atoms with Gasteiger partial charge in [0.25, 0.3) is 5.91 Å². The van der Waals surface area contributed by atoms with Crippen molar-refractivity contribution in [3.05, 3.63) is 35.4 Å². The van der Waals surface area contributed by atoms with Crippen molar-refractivity contribution in [2.75, 3.05) is 45.8 Å². The van der Waals surface area contributed by atoms with Gasteiger partial charge in [-0.15, -0.1) is 0 Å². The third-order valence-electron chi connectivity index (χ3n) is 5.68. The molecule has 2 amide bonds. The highest BCUT2D eigenvalue weighted by atomic mass is 16.2. The summed E-state index contributed by atoms with van der Waals surface area (Å²) in [4.78, 5) is 32.9. The molecule has 1 aliphatic heterocycles. The number of hydrogen-bond donors (Lipinski definition) is 3. The zero-order valence-corrected chi connectivity index (χ0v) is 20.1. The van der Waals surface area contributed by atoms with E-state index >= 15 is 0 Å². The third kappa shape index (κ3) is 8.49. The van der Waals surface area contributed by atoms with Crippen LogP contribution in [0.4, 0.5) is 0 Å². The maximum atomic E-state index is 12.6. The van der Waals surface area contributed by atoms with Gasteiger partial charge in [-0.3, -0.25) is 9.59 Å². The average Bonchev–Trinajstić information content (AvgIpc) is 2.80. The molecule has 32 heavy (non-hydrogen) atoms. The number of guanidine groups is 1. The van der Waals surface area contributed by atoms with Crippen molar-refractivity contribution in [1.29, 1.82) is 0 Å². The van der Waals surface area contributed by atoms with Crippen LogP contribution in [0.5, 0.6) is 0 Å². The number of aliphatic imine (C=N–C) groups is 1. The predicted octanol–water partition coefficient (Wildman–Crippen LogP) is 1.82. The Morgan fingerprint density at radius 1 is 1.22 bits per heavy atom. The molecule has 1 fully saturated rings. The molecule has 1 unspecified atom stereocenters. The summed E-state index contributed by atoms with van der Waals surface area (Å²) >= 11 is 0. The van der Waals surface area contributed by atoms with E-state index in [1.807, 2.05) is 24.3 Å². The van der Waals surface area contributed by atoms with Crippen LogP contribution in [0.25, 0.3) is 0 Å². The van der Waals surface area contributed by atoms with Gasteiger partial charge in [0.05, 0.1) is 13.1 Å². The molecule has 178 valence electrons. The number of nitrogens with zero attached hydrogens (tertiary/aromatic N) is 3. The fourth-order valence-electron chi connectivity index (χ4n) is 3.70. The highest BCUT2D eigenvalue weighted by molar-refractivity contribution is 5.97. The number of piperazine rings is 1. The van der Waals surface area contributed by atoms with Crippen LogP contribution in [-0.4, -0.2) is 79.4 Å². The minimum atomic E-state index is -0.110. The Morgan fingerprint density at radius 2 is 1.94 bits per heavy atom. The quantitative estimate of drug-likeness (QED) is 0.358. The first-order valence-corrected chi connectivity index (χ1v) is 11.9. The second kappa shape index (κ2) is 13.7. The van der Waals surface area contributed by atoms with Crippen molar-refractivity contribution in [1.82, 2.24) is 25.8 Å². The van der Waals surface area contributed by atoms with E-state index in [1.165, 1.54) is 0 Å². The van der Waals surface area contributed by atoms with Crippen LogP contribution in [0, 0.1) is 0 Å². The van der Waals surface area contributed by atoms with Gasteiger partial charge in [0.2, 0.25) is 5.91 Å². The molecule has 8 heteroatoms. The number of carbonyl (C=O) groups excluding carboxylic acids is 2. The maximum absolute atomic E-state index is 12.6. The van der Waals surface area contributed by atoms with Crippen LogP contribution in [-0.2, 0) is 11.3 Å². The summed E-state index contributed by atoms with van der Waals surface area (Å²) in [5.74, 6) is 0.590. The van der Waals surface area contributed by atoms with Gasteiger partial charge in [0.15, 0.2) is 5.96 Å². The summed E-state index contributed by atoms with van der Waals surface area (Å²) in [7, 11) is 0. The van der Waals surface area contributed by atoms with Crippen molar-refractivity contribution in [3.63, 3.8) is 0 Å². The monoisotopic (exact) mass is 444 g/mol. The molecule has 0 radical (unpaired) electrons. The smallest absolute Gasteiger partial charge is 0.254 e. The van der Waals surface area contributed by atoms with Gasteiger partial charge in [-0.25, -0.2) is 4.99 Å². The van der Waals surface area contributed by atoms with Crippen molar-refractivity contribution < 1.29 is 9.59 Å². The van der Waals surface area contributed by atoms with E-state index in [-0.39, 0.29) is 18.4 Å². The minimum absolute atomic E-state index is 0.108. The SMILES string of the molecule is CCNC(=NCc1ccc(C(=O)N2CCNC(=O)C2)cc1)NC(C)CCCN(CC)CC. The third-order valence-corrected chi connectivity index (χ3v) is 5.68. The van der Waals surface area contributed by atoms with Crippen LogP contribution >= 0.6 is 0 Å². The number of amides is 2. The molecular formula is C24H40N6O2. The zero-order chi connectivity index (χ0) is 23.3. The minimum Gasteiger partial charge on any atom is -0.357 e. The Balaban J connectivity index is 1.87. The first-order chi connectivity index (χ1) is 15.5. The van der Waals surface area contributed by atoms with Gasteiger partial charge in [-0.2, -0.15) is 0 Å². The van der Waals surface area contributed by atoms with E-state index in [4.69, 9.17) is 4.99 Å². The molecule has 0 bridgehead atoms. The molecule has 8 nitrogen and oxygen atoms in total. The fourth-order valence-corrected chi connectivity index (χ4v) is 3.70. The van der Waals surface area contributed by atoms with Crippen LogP contribution < -0.4 is 16.0 Å². The average molecular weight is 445 g/mol. The van der Waals surface area contributed by atoms with Gasteiger partial charge in [0, 0.05) is 31.2 Å². The van der Waals surface area contributed by atoms with Gasteiger partial charge >= 0.3 is 0 Å². The van der Waals surface area contributed by atoms with E-state index in [1.54, 1.807) is 4.90 Å². The molecule has 1 aliphatic rings. The van der Waals surface area contributed by atoms with Crippen molar-refractivity contribution in [2.45, 2.75) is 53.1 Å². The van der Waals surface area contributed by atoms with Crippen LogP contribution in [0.15, 0.2) is 29.3 Å². The van der Waals surface area contributed by atoms with Crippen LogP contribution in [0.2, 0.25) is 0 Å². The first-order valence-electron chi connectivity index (χ1n) is 11.9. The molecule has 0 spiro atoms. The van der Waals surface area contributed by atoms with Crippen LogP contribution in [0.3, 0.4) is 0 Å². The van der Waals surface area contributed by atoms with Crippen LogP contribution in [0.1, 0.15) is 56.5 Å². The van der Waals surface area contributed by atoms with Crippen molar-refractivity contribution >= 4 is 17.8 Å². The summed E-state index contributed by atoms with van der Waals surface area (Å²) in [5.41, 5.74) is 1.63. The summed E-state index contributed by atoms with van der Waals surface area (Å²) in [6, 6.07) is 7.83. The number of carbonyl (C=O) groups is 2.